The number of nitrogens with one attached hydrogen (secondary N) is 1. The van der Waals surface area contributed by atoms with E-state index in [2.05, 4.69) is 11.6 Å². The summed E-state index contributed by atoms with van der Waals surface area (Å²) >= 11 is 0. The lowest BCUT2D eigenvalue weighted by Gasteiger charge is -2.10. The zero-order valence-corrected chi connectivity index (χ0v) is 18.2. The average Bonchev–Trinajstić information content (AvgIpc) is 3.04. The molecule has 0 amide bonds. The second kappa shape index (κ2) is 11.0. The van der Waals surface area contributed by atoms with Gasteiger partial charge in [-0.3, -0.25) is 4.79 Å². The molecular formula is C24H27NO6. The number of carbonyl (C=O) groups is 3. The van der Waals surface area contributed by atoms with Gasteiger partial charge in [-0.2, -0.15) is 0 Å². The van der Waals surface area contributed by atoms with E-state index in [9.17, 15) is 14.4 Å². The highest BCUT2D eigenvalue weighted by molar-refractivity contribution is 6.04. The SMILES string of the molecule is C=CCOc1ccc(/C=C/C(=O)O[C@H](C)C(=O)c2[nH]c(C)c(C(=O)OCC)c2C)cc1. The molecule has 0 aliphatic carbocycles. The Bertz CT molecular complexity index is 984. The van der Waals surface area contributed by atoms with Crippen molar-refractivity contribution in [1.82, 2.24) is 4.98 Å². The van der Waals surface area contributed by atoms with E-state index >= 15 is 0 Å². The average molecular weight is 425 g/mol. The maximum Gasteiger partial charge on any atom is 0.340 e. The number of carbonyl (C=O) groups excluding carboxylic acids is 3. The Morgan fingerprint density at radius 3 is 2.45 bits per heavy atom. The maximum atomic E-state index is 12.7. The van der Waals surface area contributed by atoms with Gasteiger partial charge in [-0.1, -0.05) is 24.8 Å². The van der Waals surface area contributed by atoms with Gasteiger partial charge in [0.15, 0.2) is 6.10 Å². The Morgan fingerprint density at radius 2 is 1.84 bits per heavy atom. The number of aromatic amines is 1. The predicted molar refractivity (Wildman–Crippen MR) is 117 cm³/mol. The quantitative estimate of drug-likeness (QED) is 0.265. The van der Waals surface area contributed by atoms with Crippen molar-refractivity contribution in [1.29, 1.82) is 0 Å². The number of aryl methyl sites for hydroxylation is 1. The number of ether oxygens (including phenoxy) is 3. The molecule has 0 fully saturated rings. The topological polar surface area (TPSA) is 94.7 Å². The van der Waals surface area contributed by atoms with E-state index < -0.39 is 23.8 Å². The number of Topliss-reactive ketones (excluding diaryl/α,β-unsaturated/α-hetero) is 1. The Balaban J connectivity index is 2.02. The Kier molecular flexibility index (Phi) is 8.37. The second-order valence-electron chi connectivity index (χ2n) is 6.79. The van der Waals surface area contributed by atoms with Crippen LogP contribution in [-0.2, 0) is 14.3 Å². The van der Waals surface area contributed by atoms with Gasteiger partial charge in [-0.25, -0.2) is 9.59 Å². The lowest BCUT2D eigenvalue weighted by molar-refractivity contribution is -0.140. The van der Waals surface area contributed by atoms with Crippen LogP contribution in [0.1, 0.15) is 51.5 Å². The summed E-state index contributed by atoms with van der Waals surface area (Å²) in [6.45, 7) is 10.8. The molecule has 1 aromatic heterocycles. The number of H-pyrrole nitrogens is 1. The standard InChI is InChI=1S/C24H27NO6/c1-6-14-30-19-11-8-18(9-12-19)10-13-20(26)31-17(5)23(27)22-15(3)21(16(4)25-22)24(28)29-7-2/h6,8-13,17,25H,1,7,14H2,2-5H3/b13-10+/t17-/m1/s1. The Morgan fingerprint density at radius 1 is 1.16 bits per heavy atom. The van der Waals surface area contributed by atoms with Gasteiger partial charge in [0.2, 0.25) is 5.78 Å². The molecule has 1 heterocycles. The van der Waals surface area contributed by atoms with Gasteiger partial charge >= 0.3 is 11.9 Å². The molecular weight excluding hydrogens is 398 g/mol. The first-order valence-corrected chi connectivity index (χ1v) is 9.91. The highest BCUT2D eigenvalue weighted by Crippen LogP contribution is 2.21. The minimum absolute atomic E-state index is 0.222. The van der Waals surface area contributed by atoms with Crippen LogP contribution < -0.4 is 4.74 Å². The molecule has 0 spiro atoms. The number of hydrogen-bond donors (Lipinski definition) is 1. The molecule has 0 bridgehead atoms. The number of rotatable bonds is 10. The molecule has 2 rings (SSSR count). The molecule has 7 heteroatoms. The number of ketones is 1. The van der Waals surface area contributed by atoms with E-state index in [1.54, 1.807) is 57.2 Å². The molecule has 1 N–H and O–H groups in total. The Hall–Kier alpha value is -3.61. The summed E-state index contributed by atoms with van der Waals surface area (Å²) in [5.74, 6) is -0.889. The van der Waals surface area contributed by atoms with Crippen LogP contribution in [0.25, 0.3) is 6.08 Å². The van der Waals surface area contributed by atoms with Crippen LogP contribution in [0.2, 0.25) is 0 Å². The predicted octanol–water partition coefficient (Wildman–Crippen LogP) is 4.20. The molecule has 0 radical (unpaired) electrons. The zero-order chi connectivity index (χ0) is 23.0. The molecule has 0 aliphatic heterocycles. The summed E-state index contributed by atoms with van der Waals surface area (Å²) in [5, 5.41) is 0. The summed E-state index contributed by atoms with van der Waals surface area (Å²) in [6, 6.07) is 7.13. The molecule has 0 saturated heterocycles. The minimum Gasteiger partial charge on any atom is -0.490 e. The largest absolute Gasteiger partial charge is 0.490 e. The van der Waals surface area contributed by atoms with Crippen molar-refractivity contribution in [3.8, 4) is 5.75 Å². The lowest BCUT2D eigenvalue weighted by Crippen LogP contribution is -2.24. The van der Waals surface area contributed by atoms with Crippen molar-refractivity contribution >= 4 is 23.8 Å². The van der Waals surface area contributed by atoms with E-state index in [1.165, 1.54) is 13.0 Å². The van der Waals surface area contributed by atoms with Gasteiger partial charge in [0.05, 0.1) is 17.9 Å². The van der Waals surface area contributed by atoms with Crippen LogP contribution in [0.3, 0.4) is 0 Å². The summed E-state index contributed by atoms with van der Waals surface area (Å²) in [4.78, 5) is 39.9. The third-order valence-electron chi connectivity index (χ3n) is 4.49. The van der Waals surface area contributed by atoms with Gasteiger partial charge in [-0.05, 0) is 57.0 Å². The van der Waals surface area contributed by atoms with Gasteiger partial charge in [0, 0.05) is 11.8 Å². The number of esters is 2. The summed E-state index contributed by atoms with van der Waals surface area (Å²) in [7, 11) is 0. The number of aromatic nitrogens is 1. The fourth-order valence-electron chi connectivity index (χ4n) is 2.97. The van der Waals surface area contributed by atoms with Crippen LogP contribution in [0, 0.1) is 13.8 Å². The normalized spacial score (nSPS) is 11.7. The smallest absolute Gasteiger partial charge is 0.340 e. The van der Waals surface area contributed by atoms with Crippen molar-refractivity contribution in [2.75, 3.05) is 13.2 Å². The highest BCUT2D eigenvalue weighted by Gasteiger charge is 2.27. The minimum atomic E-state index is -1.03. The molecule has 164 valence electrons. The fourth-order valence-corrected chi connectivity index (χ4v) is 2.97. The first kappa shape index (κ1) is 23.7. The van der Waals surface area contributed by atoms with Gasteiger partial charge < -0.3 is 19.2 Å². The molecule has 1 atom stereocenters. The number of hydrogen-bond acceptors (Lipinski definition) is 6. The van der Waals surface area contributed by atoms with Crippen molar-refractivity contribution in [2.24, 2.45) is 0 Å². The van der Waals surface area contributed by atoms with Crippen molar-refractivity contribution in [3.05, 3.63) is 71.1 Å². The molecule has 0 saturated carbocycles. The Labute approximate surface area is 181 Å². The highest BCUT2D eigenvalue weighted by atomic mass is 16.5. The summed E-state index contributed by atoms with van der Waals surface area (Å²) in [5.41, 5.74) is 2.32. The molecule has 7 nitrogen and oxygen atoms in total. The van der Waals surface area contributed by atoms with Gasteiger partial charge in [0.25, 0.3) is 0 Å². The van der Waals surface area contributed by atoms with E-state index in [0.29, 0.717) is 29.2 Å². The number of benzene rings is 1. The van der Waals surface area contributed by atoms with Crippen molar-refractivity contribution in [3.63, 3.8) is 0 Å². The molecule has 0 unspecified atom stereocenters. The van der Waals surface area contributed by atoms with Crippen molar-refractivity contribution in [2.45, 2.75) is 33.8 Å². The molecule has 0 aliphatic rings. The first-order valence-electron chi connectivity index (χ1n) is 9.91. The van der Waals surface area contributed by atoms with Crippen LogP contribution in [0.15, 0.2) is 43.0 Å². The van der Waals surface area contributed by atoms with Crippen LogP contribution >= 0.6 is 0 Å². The van der Waals surface area contributed by atoms with E-state index in [0.717, 1.165) is 5.56 Å². The van der Waals surface area contributed by atoms with E-state index in [-0.39, 0.29) is 12.3 Å². The lowest BCUT2D eigenvalue weighted by atomic mass is 10.1. The van der Waals surface area contributed by atoms with Crippen LogP contribution in [-0.4, -0.2) is 42.0 Å². The van der Waals surface area contributed by atoms with Crippen LogP contribution in [0.5, 0.6) is 5.75 Å². The van der Waals surface area contributed by atoms with E-state index in [4.69, 9.17) is 14.2 Å². The second-order valence-corrected chi connectivity index (χ2v) is 6.79. The summed E-state index contributed by atoms with van der Waals surface area (Å²) < 4.78 is 15.7. The third-order valence-corrected chi connectivity index (χ3v) is 4.49. The fraction of sp³-hybridized carbons (Fsp3) is 0.292. The zero-order valence-electron chi connectivity index (χ0n) is 18.2. The molecule has 31 heavy (non-hydrogen) atoms. The molecule has 1 aromatic carbocycles. The summed E-state index contributed by atoms with van der Waals surface area (Å²) in [6.07, 6.45) is 3.46. The van der Waals surface area contributed by atoms with Crippen LogP contribution in [0.4, 0.5) is 0 Å². The van der Waals surface area contributed by atoms with Crippen molar-refractivity contribution < 1.29 is 28.6 Å². The molecule has 2 aromatic rings. The first-order chi connectivity index (χ1) is 14.8. The van der Waals surface area contributed by atoms with E-state index in [1.807, 2.05) is 0 Å². The monoisotopic (exact) mass is 425 g/mol. The maximum absolute atomic E-state index is 12.7. The van der Waals surface area contributed by atoms with Gasteiger partial charge in [0.1, 0.15) is 12.4 Å². The third kappa shape index (κ3) is 6.18. The van der Waals surface area contributed by atoms with Gasteiger partial charge in [-0.15, -0.1) is 0 Å².